The summed E-state index contributed by atoms with van der Waals surface area (Å²) in [5, 5.41) is 28.6. The zero-order valence-corrected chi connectivity index (χ0v) is 57.1. The van der Waals surface area contributed by atoms with Crippen LogP contribution in [0, 0.1) is 17.5 Å². The van der Waals surface area contributed by atoms with E-state index < -0.39 is 41.6 Å². The third-order valence-corrected chi connectivity index (χ3v) is 17.6. The topological polar surface area (TPSA) is 317 Å². The molecule has 6 aromatic carbocycles. The molecule has 3 aliphatic heterocycles. The Morgan fingerprint density at radius 3 is 1.25 bits per heavy atom. The van der Waals surface area contributed by atoms with Gasteiger partial charge in [0.25, 0.3) is 14.8 Å². The van der Waals surface area contributed by atoms with Gasteiger partial charge < -0.3 is 84.6 Å². The van der Waals surface area contributed by atoms with Gasteiger partial charge in [0.1, 0.15) is 60.8 Å². The monoisotopic (exact) mass is 1440 g/mol. The van der Waals surface area contributed by atoms with Gasteiger partial charge in [0.2, 0.25) is 11.8 Å². The molecule has 6 atom stereocenters. The van der Waals surface area contributed by atoms with Crippen molar-refractivity contribution in [1.82, 2.24) is 55.5 Å². The van der Waals surface area contributed by atoms with E-state index in [4.69, 9.17) is 63.2 Å². The van der Waals surface area contributed by atoms with E-state index in [0.717, 1.165) is 6.42 Å². The Balaban J connectivity index is 0.000000164. The Morgan fingerprint density at radius 1 is 0.525 bits per heavy atom. The molecule has 0 saturated carbocycles. The van der Waals surface area contributed by atoms with Crippen LogP contribution in [-0.4, -0.2) is 181 Å². The lowest BCUT2D eigenvalue weighted by molar-refractivity contribution is -0.143. The van der Waals surface area contributed by atoms with Crippen molar-refractivity contribution in [1.29, 1.82) is 0 Å². The summed E-state index contributed by atoms with van der Waals surface area (Å²) in [6.45, 7) is 1.48. The molecular weight excluding hydrogens is 1380 g/mol. The normalized spacial score (nSPS) is 18.2. The molecule has 12 rings (SSSR count). The van der Waals surface area contributed by atoms with Crippen molar-refractivity contribution >= 4 is 147 Å². The quantitative estimate of drug-likeness (QED) is 0.0245. The zero-order valence-electron chi connectivity index (χ0n) is 54.8. The molecule has 34 heteroatoms. The third kappa shape index (κ3) is 17.8. The number of ether oxygens (including phenoxy) is 6. The summed E-state index contributed by atoms with van der Waals surface area (Å²) in [4.78, 5) is 86.7. The van der Waals surface area contributed by atoms with E-state index >= 15 is 0 Å². The second-order valence-electron chi connectivity index (χ2n) is 22.9. The molecule has 26 nitrogen and oxygen atoms in total. The molecule has 3 fully saturated rings. The van der Waals surface area contributed by atoms with Gasteiger partial charge in [-0.15, -0.1) is 0 Å². The molecule has 524 valence electrons. The number of nitrogens with one attached hydrogen (secondary N) is 6. The number of amides is 2. The Kier molecular flexibility index (Phi) is 25.1. The molecule has 3 saturated heterocycles. The van der Waals surface area contributed by atoms with Crippen molar-refractivity contribution in [2.75, 3.05) is 71.0 Å². The molecule has 2 amide bonds. The Morgan fingerprint density at radius 2 is 0.891 bits per heavy atom. The van der Waals surface area contributed by atoms with Crippen molar-refractivity contribution in [3.63, 3.8) is 0 Å². The highest BCUT2D eigenvalue weighted by molar-refractivity contribution is 6.64. The molecular formula is C67H66B2Cl3F3N14O12. The highest BCUT2D eigenvalue weighted by Crippen LogP contribution is 2.41. The summed E-state index contributed by atoms with van der Waals surface area (Å²) in [5.41, 5.74) is 2.21. The molecule has 7 N–H and O–H groups in total. The van der Waals surface area contributed by atoms with Crippen LogP contribution >= 0.6 is 34.8 Å². The predicted octanol–water partition coefficient (Wildman–Crippen LogP) is 9.64. The maximum absolute atomic E-state index is 14.5. The van der Waals surface area contributed by atoms with Crippen LogP contribution < -0.4 is 60.3 Å². The van der Waals surface area contributed by atoms with Crippen LogP contribution in [0.5, 0.6) is 34.5 Å². The van der Waals surface area contributed by atoms with Crippen molar-refractivity contribution < 1.29 is 70.7 Å². The first kappa shape index (κ1) is 73.7. The van der Waals surface area contributed by atoms with E-state index in [1.807, 2.05) is 0 Å². The Labute approximate surface area is 593 Å². The minimum Gasteiger partial charge on any atom is -0.493 e. The number of carbonyl (C=O) groups excluding carboxylic acids is 4. The van der Waals surface area contributed by atoms with E-state index in [1.54, 1.807) is 92.7 Å². The second-order valence-corrected chi connectivity index (χ2v) is 24.1. The van der Waals surface area contributed by atoms with Crippen LogP contribution in [0.1, 0.15) is 38.5 Å². The number of aliphatic carboxylic acids is 1. The number of carboxylic acids is 1. The van der Waals surface area contributed by atoms with Gasteiger partial charge in [0.05, 0.1) is 94.5 Å². The fraction of sp³-hybridized carbons (Fsp3) is 0.299. The maximum atomic E-state index is 14.5. The van der Waals surface area contributed by atoms with Gasteiger partial charge in [-0.05, 0) is 93.5 Å². The minimum atomic E-state index is -1.04. The number of hydrogen-bond acceptors (Lipinski definition) is 23. The van der Waals surface area contributed by atoms with E-state index in [9.17, 15) is 42.3 Å². The summed E-state index contributed by atoms with van der Waals surface area (Å²) in [5.74, 6) is 0.645. The number of fused-ring (bicyclic) bond motifs is 3. The average Bonchev–Trinajstić information content (AvgIpc) is 0.796. The number of benzene rings is 6. The molecule has 0 aliphatic carbocycles. The lowest BCUT2D eigenvalue weighted by atomic mass is 9.85. The number of piperidine rings is 3. The summed E-state index contributed by atoms with van der Waals surface area (Å²) in [6, 6.07) is 22.4. The van der Waals surface area contributed by atoms with Crippen molar-refractivity contribution in [2.24, 2.45) is 0 Å². The van der Waals surface area contributed by atoms with E-state index in [-0.39, 0.29) is 68.6 Å². The molecule has 101 heavy (non-hydrogen) atoms. The summed E-state index contributed by atoms with van der Waals surface area (Å²) in [7, 11) is 10.3. The smallest absolute Gasteiger partial charge is 0.320 e. The van der Waals surface area contributed by atoms with Crippen LogP contribution in [0.2, 0.25) is 15.1 Å². The Hall–Kier alpha value is -10.0. The Bertz CT molecular complexity index is 4520. The fourth-order valence-electron chi connectivity index (χ4n) is 11.6. The lowest BCUT2D eigenvalue weighted by Gasteiger charge is -2.37. The van der Waals surface area contributed by atoms with Crippen LogP contribution in [0.4, 0.5) is 47.7 Å². The average molecular weight is 1440 g/mol. The van der Waals surface area contributed by atoms with Gasteiger partial charge in [-0.25, -0.2) is 43.1 Å². The highest BCUT2D eigenvalue weighted by atomic mass is 35.5. The predicted molar refractivity (Wildman–Crippen MR) is 377 cm³/mol. The molecule has 6 heterocycles. The van der Waals surface area contributed by atoms with Crippen LogP contribution in [0.25, 0.3) is 32.7 Å². The summed E-state index contributed by atoms with van der Waals surface area (Å²) in [6.07, 6.45) is 7.27. The number of carbonyl (C=O) groups is 5. The lowest BCUT2D eigenvalue weighted by Crippen LogP contribution is -2.54. The number of carboxylic acid groups (broad SMARTS) is 1. The van der Waals surface area contributed by atoms with Gasteiger partial charge in [-0.2, -0.15) is 0 Å². The van der Waals surface area contributed by atoms with Crippen LogP contribution in [0.3, 0.4) is 0 Å². The standard InChI is InChI=1S/C23H23BClFN5O4.C22H20BClFN4O5.C22H23ClFN5O3/c1-27-23(33)18-8-13(6-7-31(18)24-11-32)35-20-9-14-17(10-19(20)34-2)28-12-29-22(14)30-16-5-3-4-15(25)21(16)26;1-33-18-9-16-13(21(27-11-26-16)28-15-4-2-3-14(24)20(15)25)8-19(18)34-12-5-6-29(23-10-30)17(7-12)22(31)32;1-25-22(30)17-8-12(6-7-26-17)32-19-9-13-16(10-18(19)31-2)27-11-28-21(13)29-15-5-3-4-14(23)20(15)24/h3-5,9-13,18H,6-8H2,1-2H3,(H,27,33)(H,28,29,30);2-4,8-12,17H,5-7H2,1H3,(H,31,32)(H,26,27,28);3-5,9-12,17,26H,6-8H2,1-2H3,(H,25,30)(H,27,28,29)/t13-,18-;2*12-,17-/m111/s1. The van der Waals surface area contributed by atoms with E-state index in [0.29, 0.717) is 142 Å². The number of aromatic nitrogens is 6. The van der Waals surface area contributed by atoms with Gasteiger partial charge >= 0.3 is 5.97 Å². The van der Waals surface area contributed by atoms with Crippen molar-refractivity contribution in [3.05, 3.63) is 142 Å². The molecule has 0 spiro atoms. The van der Waals surface area contributed by atoms with Crippen molar-refractivity contribution in [3.8, 4) is 34.5 Å². The maximum Gasteiger partial charge on any atom is 0.320 e. The molecule has 0 unspecified atom stereocenters. The SMILES string of the molecule is CNC(=O)[C@H]1C[C@H](Oc2cc3c(Nc4cccc(Cl)c4F)ncnc3cc2OC)CCN1.CNC(=O)[C@H]1C[C@H](Oc2cc3c(Nc4cccc(Cl)c4F)ncnc3cc2OC)CCN1[B]C=O.COc1cc2ncnc(Nc3cccc(Cl)c3F)c2cc1O[C@@H]1CCN([B]C=O)[C@@H](C(=O)O)C1. The number of hydrogen-bond donors (Lipinski definition) is 7. The van der Waals surface area contributed by atoms with Crippen LogP contribution in [-0.2, 0) is 24.0 Å². The first-order chi connectivity index (χ1) is 48.8. The van der Waals surface area contributed by atoms with Crippen LogP contribution in [0.15, 0.2) is 110 Å². The minimum absolute atomic E-state index is 0.00984. The van der Waals surface area contributed by atoms with Gasteiger partial charge in [0.15, 0.2) is 51.9 Å². The molecule has 2 radical (unpaired) electrons. The first-order valence-corrected chi connectivity index (χ1v) is 32.6. The highest BCUT2D eigenvalue weighted by Gasteiger charge is 2.37. The second kappa shape index (κ2) is 34.4. The summed E-state index contributed by atoms with van der Waals surface area (Å²) < 4.78 is 78.4. The van der Waals surface area contributed by atoms with Crippen molar-refractivity contribution in [2.45, 2.75) is 75.0 Å². The number of likely N-dealkylation sites (N-methyl/N-ethyl adjacent to an activating group) is 2. The zero-order chi connectivity index (χ0) is 71.9. The number of nitrogens with zero attached hydrogens (tertiary/aromatic N) is 8. The van der Waals surface area contributed by atoms with Gasteiger partial charge in [0, 0.05) is 67.7 Å². The number of halogens is 6. The van der Waals surface area contributed by atoms with Gasteiger partial charge in [-0.1, -0.05) is 53.0 Å². The first-order valence-electron chi connectivity index (χ1n) is 31.4. The largest absolute Gasteiger partial charge is 0.493 e. The molecule has 3 aromatic heterocycles. The summed E-state index contributed by atoms with van der Waals surface area (Å²) >= 11 is 17.7. The molecule has 0 bridgehead atoms. The van der Waals surface area contributed by atoms with E-state index in [2.05, 4.69) is 61.8 Å². The number of anilines is 6. The third-order valence-electron chi connectivity index (χ3n) is 16.7. The fourth-order valence-corrected chi connectivity index (χ4v) is 12.2. The molecule has 9 aromatic rings. The van der Waals surface area contributed by atoms with E-state index in [1.165, 1.54) is 77.1 Å². The van der Waals surface area contributed by atoms with Gasteiger partial charge in [-0.3, -0.25) is 14.4 Å². The molecule has 3 aliphatic rings. The number of methoxy groups -OCH3 is 3. The number of rotatable bonds is 22.